The largest absolute Gasteiger partial charge is 0.376 e. The summed E-state index contributed by atoms with van der Waals surface area (Å²) in [5, 5.41) is 2.75. The Hall–Kier alpha value is -2.32. The first-order valence-electron chi connectivity index (χ1n) is 7.33. The van der Waals surface area contributed by atoms with Crippen LogP contribution in [-0.4, -0.2) is 55.1 Å². The Morgan fingerprint density at radius 1 is 1.25 bits per heavy atom. The molecule has 2 heterocycles. The fraction of sp³-hybridized carbons (Fsp3) is 0.312. The van der Waals surface area contributed by atoms with Gasteiger partial charge in [-0.1, -0.05) is 30.3 Å². The maximum Gasteiger partial charge on any atom is 0.270 e. The molecule has 0 atom stereocenters. The molecule has 0 bridgehead atoms. The molecule has 24 heavy (non-hydrogen) atoms. The van der Waals surface area contributed by atoms with E-state index in [0.717, 1.165) is 11.8 Å². The summed E-state index contributed by atoms with van der Waals surface area (Å²) < 4.78 is 28.2. The maximum atomic E-state index is 12.5. The molecule has 3 rings (SSSR count). The van der Waals surface area contributed by atoms with Crippen LogP contribution in [0.15, 0.2) is 42.6 Å². The van der Waals surface area contributed by atoms with E-state index in [9.17, 15) is 13.2 Å². The van der Waals surface area contributed by atoms with Crippen LogP contribution in [-0.2, 0) is 14.6 Å². The lowest BCUT2D eigenvalue weighted by Gasteiger charge is -2.41. The summed E-state index contributed by atoms with van der Waals surface area (Å²) >= 11 is 0. The van der Waals surface area contributed by atoms with Gasteiger partial charge in [-0.3, -0.25) is 4.79 Å². The number of benzene rings is 1. The molecule has 1 aliphatic rings. The van der Waals surface area contributed by atoms with Gasteiger partial charge in [-0.25, -0.2) is 18.4 Å². The fourth-order valence-electron chi connectivity index (χ4n) is 2.56. The zero-order chi connectivity index (χ0) is 17.2. The van der Waals surface area contributed by atoms with Crippen molar-refractivity contribution >= 4 is 15.7 Å². The molecule has 1 aromatic heterocycles. The van der Waals surface area contributed by atoms with Crippen LogP contribution in [0.5, 0.6) is 0 Å². The normalized spacial score (nSPS) is 16.2. The topological polar surface area (TPSA) is 98.2 Å². The minimum atomic E-state index is -3.25. The molecule has 1 aromatic carbocycles. The second-order valence-corrected chi connectivity index (χ2v) is 8.07. The van der Waals surface area contributed by atoms with Crippen molar-refractivity contribution < 1.29 is 17.9 Å². The number of hydrogen-bond donors (Lipinski definition) is 1. The first kappa shape index (κ1) is 16.5. The third-order valence-electron chi connectivity index (χ3n) is 3.59. The highest BCUT2D eigenvalue weighted by atomic mass is 32.2. The molecule has 0 saturated carbocycles. The molecule has 2 aromatic rings. The lowest BCUT2D eigenvalue weighted by molar-refractivity contribution is -0.0575. The molecular formula is C16H17N3O4S. The lowest BCUT2D eigenvalue weighted by Crippen LogP contribution is -2.65. The predicted octanol–water partition coefficient (Wildman–Crippen LogP) is 0.687. The van der Waals surface area contributed by atoms with Crippen LogP contribution in [0, 0.1) is 0 Å². The molecule has 1 amide bonds. The van der Waals surface area contributed by atoms with Gasteiger partial charge in [-0.15, -0.1) is 0 Å². The smallest absolute Gasteiger partial charge is 0.270 e. The summed E-state index contributed by atoms with van der Waals surface area (Å²) in [7, 11) is -3.25. The first-order valence-corrected chi connectivity index (χ1v) is 9.39. The van der Waals surface area contributed by atoms with Crippen molar-refractivity contribution in [2.45, 2.75) is 5.54 Å². The number of aromatic nitrogens is 2. The third-order valence-corrected chi connectivity index (χ3v) is 4.67. The van der Waals surface area contributed by atoms with Crippen molar-refractivity contribution in [3.63, 3.8) is 0 Å². The number of sulfone groups is 1. The first-order chi connectivity index (χ1) is 11.4. The van der Waals surface area contributed by atoms with Crippen molar-refractivity contribution in [1.82, 2.24) is 15.3 Å². The number of carbonyl (C=O) groups excluding carboxylic acids is 1. The Morgan fingerprint density at radius 2 is 1.96 bits per heavy atom. The van der Waals surface area contributed by atoms with E-state index in [2.05, 4.69) is 15.3 Å². The second-order valence-electron chi connectivity index (χ2n) is 5.93. The number of amides is 1. The maximum absolute atomic E-state index is 12.5. The Kier molecular flexibility index (Phi) is 4.33. The van der Waals surface area contributed by atoms with Gasteiger partial charge in [0.05, 0.1) is 19.0 Å². The van der Waals surface area contributed by atoms with Gasteiger partial charge < -0.3 is 10.1 Å². The molecule has 1 fully saturated rings. The highest BCUT2D eigenvalue weighted by Gasteiger charge is 2.43. The number of nitrogens with one attached hydrogen (secondary N) is 1. The van der Waals surface area contributed by atoms with E-state index in [0.29, 0.717) is 5.82 Å². The van der Waals surface area contributed by atoms with Gasteiger partial charge in [-0.2, -0.15) is 0 Å². The zero-order valence-corrected chi connectivity index (χ0v) is 13.9. The van der Waals surface area contributed by atoms with Crippen LogP contribution in [0.25, 0.3) is 11.4 Å². The summed E-state index contributed by atoms with van der Waals surface area (Å²) in [4.78, 5) is 20.9. The van der Waals surface area contributed by atoms with E-state index in [-0.39, 0.29) is 24.7 Å². The van der Waals surface area contributed by atoms with E-state index in [4.69, 9.17) is 4.74 Å². The van der Waals surface area contributed by atoms with Crippen LogP contribution in [0.3, 0.4) is 0 Å². The van der Waals surface area contributed by atoms with Gasteiger partial charge in [0.25, 0.3) is 5.91 Å². The van der Waals surface area contributed by atoms with Crippen LogP contribution >= 0.6 is 0 Å². The number of carbonyl (C=O) groups is 1. The van der Waals surface area contributed by atoms with Crippen molar-refractivity contribution in [3.8, 4) is 11.4 Å². The Morgan fingerprint density at radius 3 is 2.54 bits per heavy atom. The van der Waals surface area contributed by atoms with Crippen molar-refractivity contribution in [2.75, 3.05) is 25.2 Å². The molecular weight excluding hydrogens is 330 g/mol. The number of rotatable bonds is 5. The number of hydrogen-bond acceptors (Lipinski definition) is 6. The minimum absolute atomic E-state index is 0.164. The van der Waals surface area contributed by atoms with E-state index < -0.39 is 21.3 Å². The number of nitrogens with zero attached hydrogens (tertiary/aromatic N) is 2. The summed E-state index contributed by atoms with van der Waals surface area (Å²) in [6.07, 6.45) is 2.64. The third kappa shape index (κ3) is 3.77. The molecule has 1 saturated heterocycles. The summed E-state index contributed by atoms with van der Waals surface area (Å²) in [5.41, 5.74) is 0.0938. The molecule has 1 aliphatic heterocycles. The Balaban J connectivity index is 1.81. The van der Waals surface area contributed by atoms with Gasteiger partial charge in [-0.05, 0) is 6.07 Å². The fourth-order valence-corrected chi connectivity index (χ4v) is 3.80. The highest BCUT2D eigenvalue weighted by Crippen LogP contribution is 2.20. The van der Waals surface area contributed by atoms with Crippen molar-refractivity contribution in [1.29, 1.82) is 0 Å². The average molecular weight is 347 g/mol. The van der Waals surface area contributed by atoms with Crippen LogP contribution < -0.4 is 5.32 Å². The summed E-state index contributed by atoms with van der Waals surface area (Å²) in [6, 6.07) is 10.8. The van der Waals surface area contributed by atoms with E-state index in [1.54, 1.807) is 0 Å². The van der Waals surface area contributed by atoms with Crippen molar-refractivity contribution in [2.24, 2.45) is 0 Å². The molecule has 7 nitrogen and oxygen atoms in total. The molecule has 0 unspecified atom stereocenters. The molecule has 0 radical (unpaired) electrons. The SMILES string of the molecule is CS(=O)(=O)CC1(NC(=O)c2ccnc(-c3ccccc3)n2)COC1. The molecule has 1 N–H and O–H groups in total. The minimum Gasteiger partial charge on any atom is -0.376 e. The standard InChI is InChI=1S/C16H17N3O4S/c1-24(21,22)11-16(9-23-10-16)19-15(20)13-7-8-17-14(18-13)12-5-3-2-4-6-12/h2-8H,9-11H2,1H3,(H,19,20). The predicted molar refractivity (Wildman–Crippen MR) is 88.2 cm³/mol. The van der Waals surface area contributed by atoms with E-state index in [1.165, 1.54) is 12.3 Å². The van der Waals surface area contributed by atoms with Crippen LogP contribution in [0.4, 0.5) is 0 Å². The van der Waals surface area contributed by atoms with Crippen LogP contribution in [0.2, 0.25) is 0 Å². The van der Waals surface area contributed by atoms with Gasteiger partial charge in [0.15, 0.2) is 5.82 Å². The highest BCUT2D eigenvalue weighted by molar-refractivity contribution is 7.90. The van der Waals surface area contributed by atoms with E-state index in [1.807, 2.05) is 30.3 Å². The van der Waals surface area contributed by atoms with Gasteiger partial charge >= 0.3 is 0 Å². The average Bonchev–Trinajstić information content (AvgIpc) is 2.52. The number of ether oxygens (including phenoxy) is 1. The Bertz CT molecular complexity index is 849. The molecule has 0 aliphatic carbocycles. The summed E-state index contributed by atoms with van der Waals surface area (Å²) in [5.74, 6) is -0.172. The van der Waals surface area contributed by atoms with Gasteiger partial charge in [0.1, 0.15) is 21.1 Å². The molecule has 8 heteroatoms. The lowest BCUT2D eigenvalue weighted by atomic mass is 10.00. The molecule has 0 spiro atoms. The van der Waals surface area contributed by atoms with Crippen molar-refractivity contribution in [3.05, 3.63) is 48.3 Å². The Labute approximate surface area is 140 Å². The second kappa shape index (κ2) is 6.29. The quantitative estimate of drug-likeness (QED) is 0.854. The van der Waals surface area contributed by atoms with Crippen LogP contribution in [0.1, 0.15) is 10.5 Å². The summed E-state index contributed by atoms with van der Waals surface area (Å²) in [6.45, 7) is 0.338. The zero-order valence-electron chi connectivity index (χ0n) is 13.1. The van der Waals surface area contributed by atoms with Gasteiger partial charge in [0, 0.05) is 18.0 Å². The monoisotopic (exact) mass is 347 g/mol. The molecule has 126 valence electrons. The van der Waals surface area contributed by atoms with Gasteiger partial charge in [0.2, 0.25) is 0 Å². The van der Waals surface area contributed by atoms with E-state index >= 15 is 0 Å².